The van der Waals surface area contributed by atoms with Gasteiger partial charge in [0.25, 0.3) is 5.69 Å². The number of benzene rings is 1. The van der Waals surface area contributed by atoms with E-state index in [-0.39, 0.29) is 11.7 Å². The molecular weight excluding hydrogens is 320 g/mol. The molecule has 0 bridgehead atoms. The van der Waals surface area contributed by atoms with Gasteiger partial charge in [0.1, 0.15) is 11.5 Å². The van der Waals surface area contributed by atoms with Gasteiger partial charge in [-0.05, 0) is 23.8 Å². The fraction of sp³-hybridized carbons (Fsp3) is 0.375. The lowest BCUT2D eigenvalue weighted by atomic mass is 10.1. The first-order valence-corrected chi connectivity index (χ1v) is 7.66. The molecule has 0 aliphatic heterocycles. The topological polar surface area (TPSA) is 77.5 Å². The fourth-order valence-corrected chi connectivity index (χ4v) is 2.41. The lowest BCUT2D eigenvalue weighted by Gasteiger charge is -2.16. The van der Waals surface area contributed by atoms with Crippen molar-refractivity contribution in [3.63, 3.8) is 0 Å². The zero-order chi connectivity index (χ0) is 16.8. The smallest absolute Gasteiger partial charge is 0.269 e. The Morgan fingerprint density at radius 3 is 2.78 bits per heavy atom. The molecule has 0 aliphatic carbocycles. The monoisotopic (exact) mass is 338 g/mol. The molecule has 23 heavy (non-hydrogen) atoms. The molecule has 124 valence electrons. The van der Waals surface area contributed by atoms with Gasteiger partial charge in [-0.1, -0.05) is 18.5 Å². The maximum atomic E-state index is 10.9. The third-order valence-electron chi connectivity index (χ3n) is 3.49. The van der Waals surface area contributed by atoms with Crippen LogP contribution in [-0.4, -0.2) is 18.6 Å². The van der Waals surface area contributed by atoms with E-state index in [9.17, 15) is 10.1 Å². The number of non-ortho nitro benzene ring substituents is 1. The normalized spacial score (nSPS) is 12.3. The van der Waals surface area contributed by atoms with Crippen LogP contribution in [0.4, 0.5) is 5.69 Å². The molecule has 1 N–H and O–H groups in total. The van der Waals surface area contributed by atoms with E-state index in [1.807, 2.05) is 19.1 Å². The van der Waals surface area contributed by atoms with Crippen molar-refractivity contribution in [1.82, 2.24) is 5.32 Å². The first-order valence-electron chi connectivity index (χ1n) is 7.28. The summed E-state index contributed by atoms with van der Waals surface area (Å²) in [5.41, 5.74) is 0.671. The summed E-state index contributed by atoms with van der Waals surface area (Å²) in [5.74, 6) is 1.67. The third-order valence-corrected chi connectivity index (χ3v) is 3.86. The Labute approximate surface area is 139 Å². The van der Waals surface area contributed by atoms with E-state index in [2.05, 4.69) is 5.32 Å². The maximum absolute atomic E-state index is 10.9. The Balaban J connectivity index is 2.12. The lowest BCUT2D eigenvalue weighted by Crippen LogP contribution is -2.24. The van der Waals surface area contributed by atoms with Crippen molar-refractivity contribution in [2.24, 2.45) is 0 Å². The Morgan fingerprint density at radius 1 is 1.39 bits per heavy atom. The number of furan rings is 1. The molecule has 7 heteroatoms. The van der Waals surface area contributed by atoms with Gasteiger partial charge in [0.05, 0.1) is 17.6 Å². The number of nitro benzene ring substituents is 1. The van der Waals surface area contributed by atoms with Crippen LogP contribution in [0, 0.1) is 10.1 Å². The number of nitrogens with zero attached hydrogens (tertiary/aromatic N) is 1. The second kappa shape index (κ2) is 8.10. The van der Waals surface area contributed by atoms with Crippen LogP contribution >= 0.6 is 11.6 Å². The minimum atomic E-state index is -0.438. The number of rotatable bonds is 8. The number of nitrogens with one attached hydrogen (secondary N) is 1. The van der Waals surface area contributed by atoms with Gasteiger partial charge in [-0.15, -0.1) is 0 Å². The van der Waals surface area contributed by atoms with E-state index in [0.717, 1.165) is 17.9 Å². The summed E-state index contributed by atoms with van der Waals surface area (Å²) in [5, 5.41) is 14.6. The van der Waals surface area contributed by atoms with E-state index in [4.69, 9.17) is 20.8 Å². The average Bonchev–Trinajstić information content (AvgIpc) is 3.01. The predicted molar refractivity (Wildman–Crippen MR) is 87.6 cm³/mol. The van der Waals surface area contributed by atoms with Gasteiger partial charge in [0.15, 0.2) is 0 Å². The summed E-state index contributed by atoms with van der Waals surface area (Å²) in [7, 11) is 1.61. The number of halogens is 1. The van der Waals surface area contributed by atoms with Crippen molar-refractivity contribution < 1.29 is 14.1 Å². The maximum Gasteiger partial charge on any atom is 0.269 e. The highest BCUT2D eigenvalue weighted by atomic mass is 35.5. The summed E-state index contributed by atoms with van der Waals surface area (Å²) in [4.78, 5) is 10.4. The minimum Gasteiger partial charge on any atom is -0.464 e. The van der Waals surface area contributed by atoms with Crippen LogP contribution in [0.2, 0.25) is 5.02 Å². The van der Waals surface area contributed by atoms with Crippen molar-refractivity contribution in [2.45, 2.75) is 25.9 Å². The zero-order valence-corrected chi connectivity index (χ0v) is 13.8. The molecule has 0 radical (unpaired) electrons. The number of hydrogen-bond donors (Lipinski definition) is 1. The zero-order valence-electron chi connectivity index (χ0n) is 13.0. The molecule has 0 fully saturated rings. The molecule has 0 spiro atoms. The van der Waals surface area contributed by atoms with Crippen molar-refractivity contribution in [1.29, 1.82) is 0 Å². The van der Waals surface area contributed by atoms with Crippen LogP contribution in [0.3, 0.4) is 0 Å². The standard InChI is InChI=1S/C16H19ClN2O4/c1-3-13-5-7-16(23-13)15(10-22-2)18-9-11-8-12(19(20)21)4-6-14(11)17/h4-8,15,18H,3,9-10H2,1-2H3. The summed E-state index contributed by atoms with van der Waals surface area (Å²) >= 11 is 6.12. The number of ether oxygens (including phenoxy) is 1. The van der Waals surface area contributed by atoms with Crippen molar-refractivity contribution in [3.05, 3.63) is 62.6 Å². The van der Waals surface area contributed by atoms with Gasteiger partial charge < -0.3 is 14.5 Å². The quantitative estimate of drug-likeness (QED) is 0.583. The first kappa shape index (κ1) is 17.5. The van der Waals surface area contributed by atoms with Crippen LogP contribution in [0.15, 0.2) is 34.7 Å². The lowest BCUT2D eigenvalue weighted by molar-refractivity contribution is -0.384. The second-order valence-corrected chi connectivity index (χ2v) is 5.49. The van der Waals surface area contributed by atoms with Crippen LogP contribution in [-0.2, 0) is 17.7 Å². The molecular formula is C16H19ClN2O4. The molecule has 0 saturated heterocycles. The van der Waals surface area contributed by atoms with Crippen LogP contribution < -0.4 is 5.32 Å². The van der Waals surface area contributed by atoms with Gasteiger partial charge >= 0.3 is 0 Å². The number of hydrogen-bond acceptors (Lipinski definition) is 5. The molecule has 1 unspecified atom stereocenters. The average molecular weight is 339 g/mol. The highest BCUT2D eigenvalue weighted by Crippen LogP contribution is 2.24. The Hall–Kier alpha value is -1.89. The van der Waals surface area contributed by atoms with Crippen LogP contribution in [0.5, 0.6) is 0 Å². The molecule has 0 aliphatic rings. The van der Waals surface area contributed by atoms with Gasteiger partial charge in [0.2, 0.25) is 0 Å². The predicted octanol–water partition coefficient (Wildman–Crippen LogP) is 3.88. The Morgan fingerprint density at radius 2 is 2.17 bits per heavy atom. The van der Waals surface area contributed by atoms with Gasteiger partial charge in [-0.3, -0.25) is 10.1 Å². The summed E-state index contributed by atoms with van der Waals surface area (Å²) in [6.45, 7) is 2.81. The van der Waals surface area contributed by atoms with Crippen LogP contribution in [0.25, 0.3) is 0 Å². The number of methoxy groups -OCH3 is 1. The molecule has 0 amide bonds. The van der Waals surface area contributed by atoms with Crippen molar-refractivity contribution >= 4 is 17.3 Å². The molecule has 0 saturated carbocycles. The van der Waals surface area contributed by atoms with Crippen molar-refractivity contribution in [3.8, 4) is 0 Å². The van der Waals surface area contributed by atoms with Gasteiger partial charge in [-0.2, -0.15) is 0 Å². The summed E-state index contributed by atoms with van der Waals surface area (Å²) in [6, 6.07) is 8.07. The second-order valence-electron chi connectivity index (χ2n) is 5.08. The Kier molecular flexibility index (Phi) is 6.15. The summed E-state index contributed by atoms with van der Waals surface area (Å²) in [6.07, 6.45) is 0.816. The minimum absolute atomic E-state index is 0.0146. The fourth-order valence-electron chi connectivity index (χ4n) is 2.22. The Bertz CT molecular complexity index is 672. The molecule has 1 aromatic heterocycles. The molecule has 1 heterocycles. The molecule has 1 atom stereocenters. The number of aryl methyl sites for hydroxylation is 1. The van der Waals surface area contributed by atoms with E-state index in [1.54, 1.807) is 7.11 Å². The SMILES string of the molecule is CCc1ccc(C(COC)NCc2cc([N+](=O)[O-])ccc2Cl)o1. The molecule has 2 rings (SSSR count). The van der Waals surface area contributed by atoms with E-state index < -0.39 is 4.92 Å². The van der Waals surface area contributed by atoms with Gasteiger partial charge in [-0.25, -0.2) is 0 Å². The van der Waals surface area contributed by atoms with Crippen LogP contribution in [0.1, 0.15) is 30.0 Å². The first-order chi connectivity index (χ1) is 11.0. The molecule has 1 aromatic carbocycles. The van der Waals surface area contributed by atoms with E-state index in [1.165, 1.54) is 18.2 Å². The highest BCUT2D eigenvalue weighted by molar-refractivity contribution is 6.31. The highest BCUT2D eigenvalue weighted by Gasteiger charge is 2.17. The number of nitro groups is 1. The van der Waals surface area contributed by atoms with Gasteiger partial charge in [0, 0.05) is 37.2 Å². The third kappa shape index (κ3) is 4.54. The van der Waals surface area contributed by atoms with E-state index in [0.29, 0.717) is 23.7 Å². The largest absolute Gasteiger partial charge is 0.464 e. The van der Waals surface area contributed by atoms with E-state index >= 15 is 0 Å². The molecule has 2 aromatic rings. The molecule has 6 nitrogen and oxygen atoms in total. The summed E-state index contributed by atoms with van der Waals surface area (Å²) < 4.78 is 11.0. The van der Waals surface area contributed by atoms with Crippen molar-refractivity contribution in [2.75, 3.05) is 13.7 Å².